The SMILES string of the molecule is CC(C)(C)OC(=O)N1CCCC2(CCOC(=O)N2)C1. The van der Waals surface area contributed by atoms with Gasteiger partial charge in [0.05, 0.1) is 12.1 Å². The number of hydrogen-bond acceptors (Lipinski definition) is 4. The van der Waals surface area contributed by atoms with Crippen LogP contribution in [0.15, 0.2) is 0 Å². The lowest BCUT2D eigenvalue weighted by atomic mass is 9.85. The predicted octanol–water partition coefficient (Wildman–Crippen LogP) is 1.89. The first-order chi connectivity index (χ1) is 8.80. The maximum absolute atomic E-state index is 12.1. The number of cyclic esters (lactones) is 1. The molecule has 2 aliphatic rings. The molecule has 1 atom stereocenters. The van der Waals surface area contributed by atoms with Crippen molar-refractivity contribution < 1.29 is 19.1 Å². The van der Waals surface area contributed by atoms with E-state index in [4.69, 9.17) is 9.47 Å². The number of carbonyl (C=O) groups excluding carboxylic acids is 2. The molecule has 6 nitrogen and oxygen atoms in total. The zero-order valence-electron chi connectivity index (χ0n) is 11.8. The lowest BCUT2D eigenvalue weighted by Gasteiger charge is -2.44. The summed E-state index contributed by atoms with van der Waals surface area (Å²) >= 11 is 0. The number of amides is 2. The Morgan fingerprint density at radius 2 is 2.16 bits per heavy atom. The second kappa shape index (κ2) is 4.90. The lowest BCUT2D eigenvalue weighted by molar-refractivity contribution is 0.00114. The van der Waals surface area contributed by atoms with Gasteiger partial charge in [0.1, 0.15) is 5.60 Å². The summed E-state index contributed by atoms with van der Waals surface area (Å²) in [5.74, 6) is 0. The summed E-state index contributed by atoms with van der Waals surface area (Å²) in [5.41, 5.74) is -0.842. The molecule has 2 amide bonds. The first kappa shape index (κ1) is 14.0. The maximum atomic E-state index is 12.1. The third-order valence-electron chi connectivity index (χ3n) is 3.41. The molecule has 6 heteroatoms. The van der Waals surface area contributed by atoms with Crippen LogP contribution in [0.5, 0.6) is 0 Å². The van der Waals surface area contributed by atoms with Gasteiger partial charge in [0.2, 0.25) is 0 Å². The Morgan fingerprint density at radius 3 is 2.79 bits per heavy atom. The molecule has 0 aromatic rings. The molecule has 1 unspecified atom stereocenters. The number of rotatable bonds is 0. The Kier molecular flexibility index (Phi) is 3.60. The van der Waals surface area contributed by atoms with Crippen LogP contribution in [0.3, 0.4) is 0 Å². The smallest absolute Gasteiger partial charge is 0.410 e. The molecule has 2 heterocycles. The van der Waals surface area contributed by atoms with Crippen molar-refractivity contribution in [2.75, 3.05) is 19.7 Å². The van der Waals surface area contributed by atoms with E-state index in [2.05, 4.69) is 5.32 Å². The van der Waals surface area contributed by atoms with Crippen LogP contribution in [0.2, 0.25) is 0 Å². The quantitative estimate of drug-likeness (QED) is 0.730. The summed E-state index contributed by atoms with van der Waals surface area (Å²) in [5, 5.41) is 2.87. The van der Waals surface area contributed by atoms with E-state index in [1.165, 1.54) is 0 Å². The molecule has 2 rings (SSSR count). The van der Waals surface area contributed by atoms with Crippen LogP contribution >= 0.6 is 0 Å². The molecule has 2 fully saturated rings. The van der Waals surface area contributed by atoms with E-state index in [0.29, 0.717) is 19.7 Å². The van der Waals surface area contributed by atoms with Crippen LogP contribution in [0.4, 0.5) is 9.59 Å². The Balaban J connectivity index is 2.00. The van der Waals surface area contributed by atoms with Crippen molar-refractivity contribution >= 4 is 12.2 Å². The van der Waals surface area contributed by atoms with Crippen molar-refractivity contribution in [3.63, 3.8) is 0 Å². The van der Waals surface area contributed by atoms with Gasteiger partial charge >= 0.3 is 12.2 Å². The molecule has 19 heavy (non-hydrogen) atoms. The number of likely N-dealkylation sites (tertiary alicyclic amines) is 1. The third kappa shape index (κ3) is 3.52. The Morgan fingerprint density at radius 1 is 1.42 bits per heavy atom. The van der Waals surface area contributed by atoms with Gasteiger partial charge in [0.25, 0.3) is 0 Å². The number of nitrogens with one attached hydrogen (secondary N) is 1. The number of piperidine rings is 1. The van der Waals surface area contributed by atoms with E-state index in [1.807, 2.05) is 20.8 Å². The van der Waals surface area contributed by atoms with E-state index < -0.39 is 11.7 Å². The molecule has 0 aromatic heterocycles. The zero-order chi connectivity index (χ0) is 14.1. The van der Waals surface area contributed by atoms with Crippen molar-refractivity contribution in [3.05, 3.63) is 0 Å². The molecular weight excluding hydrogens is 248 g/mol. The van der Waals surface area contributed by atoms with E-state index in [0.717, 1.165) is 19.3 Å². The molecule has 0 aromatic carbocycles. The zero-order valence-corrected chi connectivity index (χ0v) is 11.8. The highest BCUT2D eigenvalue weighted by atomic mass is 16.6. The van der Waals surface area contributed by atoms with Gasteiger partial charge in [-0.2, -0.15) is 0 Å². The summed E-state index contributed by atoms with van der Waals surface area (Å²) in [4.78, 5) is 25.1. The monoisotopic (exact) mass is 270 g/mol. The summed E-state index contributed by atoms with van der Waals surface area (Å²) < 4.78 is 10.3. The van der Waals surface area contributed by atoms with Crippen molar-refractivity contribution in [2.24, 2.45) is 0 Å². The molecule has 2 aliphatic heterocycles. The van der Waals surface area contributed by atoms with Crippen LogP contribution in [-0.2, 0) is 9.47 Å². The second-order valence-electron chi connectivity index (χ2n) is 6.30. The van der Waals surface area contributed by atoms with Gasteiger partial charge in [0, 0.05) is 19.5 Å². The number of nitrogens with zero attached hydrogens (tertiary/aromatic N) is 1. The van der Waals surface area contributed by atoms with Gasteiger partial charge < -0.3 is 19.7 Å². The maximum Gasteiger partial charge on any atom is 0.410 e. The number of carbonyl (C=O) groups is 2. The second-order valence-corrected chi connectivity index (χ2v) is 6.30. The number of ether oxygens (including phenoxy) is 2. The molecule has 0 aliphatic carbocycles. The highest BCUT2D eigenvalue weighted by Gasteiger charge is 2.42. The average Bonchev–Trinajstić information content (AvgIpc) is 2.26. The summed E-state index contributed by atoms with van der Waals surface area (Å²) in [6.07, 6.45) is 1.77. The summed E-state index contributed by atoms with van der Waals surface area (Å²) in [6, 6.07) is 0. The van der Waals surface area contributed by atoms with Crippen molar-refractivity contribution in [1.82, 2.24) is 10.2 Å². The molecule has 108 valence electrons. The fraction of sp³-hybridized carbons (Fsp3) is 0.846. The van der Waals surface area contributed by atoms with E-state index in [-0.39, 0.29) is 11.6 Å². The topological polar surface area (TPSA) is 67.9 Å². The fourth-order valence-electron chi connectivity index (χ4n) is 2.57. The van der Waals surface area contributed by atoms with E-state index >= 15 is 0 Å². The molecular formula is C13H22N2O4. The molecule has 0 bridgehead atoms. The van der Waals surface area contributed by atoms with Crippen molar-refractivity contribution in [1.29, 1.82) is 0 Å². The lowest BCUT2D eigenvalue weighted by Crippen LogP contribution is -2.62. The average molecular weight is 270 g/mol. The highest BCUT2D eigenvalue weighted by molar-refractivity contribution is 5.71. The largest absolute Gasteiger partial charge is 0.449 e. The van der Waals surface area contributed by atoms with Crippen LogP contribution in [0.1, 0.15) is 40.0 Å². The van der Waals surface area contributed by atoms with Crippen molar-refractivity contribution in [3.8, 4) is 0 Å². The summed E-state index contributed by atoms with van der Waals surface area (Å²) in [7, 11) is 0. The predicted molar refractivity (Wildman–Crippen MR) is 68.9 cm³/mol. The Bertz CT molecular complexity index is 373. The van der Waals surface area contributed by atoms with Crippen LogP contribution in [0, 0.1) is 0 Å². The Labute approximate surface area is 113 Å². The normalized spacial score (nSPS) is 27.7. The van der Waals surface area contributed by atoms with Gasteiger partial charge in [-0.25, -0.2) is 9.59 Å². The van der Waals surface area contributed by atoms with Crippen LogP contribution < -0.4 is 5.32 Å². The first-order valence-corrected chi connectivity index (χ1v) is 6.73. The first-order valence-electron chi connectivity index (χ1n) is 6.73. The number of hydrogen-bond donors (Lipinski definition) is 1. The van der Waals surface area contributed by atoms with Gasteiger partial charge in [0.15, 0.2) is 0 Å². The van der Waals surface area contributed by atoms with E-state index in [1.54, 1.807) is 4.90 Å². The van der Waals surface area contributed by atoms with Gasteiger partial charge in [-0.1, -0.05) is 0 Å². The van der Waals surface area contributed by atoms with E-state index in [9.17, 15) is 9.59 Å². The van der Waals surface area contributed by atoms with Gasteiger partial charge in [-0.05, 0) is 33.6 Å². The highest BCUT2D eigenvalue weighted by Crippen LogP contribution is 2.28. The number of alkyl carbamates (subject to hydrolysis) is 1. The van der Waals surface area contributed by atoms with Crippen LogP contribution in [-0.4, -0.2) is 47.9 Å². The van der Waals surface area contributed by atoms with Gasteiger partial charge in [-0.15, -0.1) is 0 Å². The minimum absolute atomic E-state index is 0.313. The molecule has 1 spiro atoms. The molecule has 2 saturated heterocycles. The molecule has 0 saturated carbocycles. The molecule has 1 N–H and O–H groups in total. The Hall–Kier alpha value is -1.46. The summed E-state index contributed by atoms with van der Waals surface area (Å²) in [6.45, 7) is 7.13. The molecule has 0 radical (unpaired) electrons. The van der Waals surface area contributed by atoms with Crippen molar-refractivity contribution in [2.45, 2.75) is 51.2 Å². The minimum atomic E-state index is -0.499. The van der Waals surface area contributed by atoms with Crippen LogP contribution in [0.25, 0.3) is 0 Å². The fourth-order valence-corrected chi connectivity index (χ4v) is 2.57. The third-order valence-corrected chi connectivity index (χ3v) is 3.41. The minimum Gasteiger partial charge on any atom is -0.449 e. The van der Waals surface area contributed by atoms with Gasteiger partial charge in [-0.3, -0.25) is 0 Å². The standard InChI is InChI=1S/C13H22N2O4/c1-12(2,3)19-11(17)15-7-4-5-13(9-15)6-8-18-10(16)14-13/h4-9H2,1-3H3,(H,14,16).